The van der Waals surface area contributed by atoms with Crippen LogP contribution in [-0.4, -0.2) is 0 Å². The number of rotatable bonds is 5. The summed E-state index contributed by atoms with van der Waals surface area (Å²) in [5.74, 6) is 1.95. The molecule has 26 heavy (non-hydrogen) atoms. The highest BCUT2D eigenvalue weighted by Gasteiger charge is 2.37. The summed E-state index contributed by atoms with van der Waals surface area (Å²) in [6, 6.07) is 36.3. The molecule has 0 bridgehead atoms. The molecule has 0 fully saturated rings. The van der Waals surface area contributed by atoms with Crippen molar-refractivity contribution in [3.63, 3.8) is 0 Å². The second kappa shape index (κ2) is 7.05. The van der Waals surface area contributed by atoms with Crippen LogP contribution in [0.1, 0.15) is 28.2 Å². The predicted octanol–water partition coefficient (Wildman–Crippen LogP) is 6.17. The Bertz CT molecular complexity index is 856. The lowest BCUT2D eigenvalue weighted by Crippen LogP contribution is -2.32. The lowest BCUT2D eigenvalue weighted by Gasteiger charge is -2.35. The summed E-state index contributed by atoms with van der Waals surface area (Å²) in [7, 11) is 0. The molecule has 0 unspecified atom stereocenters. The standard InChI is InChI=1S/C25H22O/c1-20-17-18-24(26-20)19-25(21-11-5-2-6-12-21,22-13-7-3-8-14-22)23-15-9-4-10-16-23/h2-18H,19H2,1H3. The van der Waals surface area contributed by atoms with Crippen molar-refractivity contribution in [2.45, 2.75) is 18.8 Å². The minimum absolute atomic E-state index is 0.298. The van der Waals surface area contributed by atoms with Crippen LogP contribution >= 0.6 is 0 Å². The molecule has 0 aliphatic carbocycles. The first-order chi connectivity index (χ1) is 12.8. The van der Waals surface area contributed by atoms with E-state index in [-0.39, 0.29) is 5.41 Å². The van der Waals surface area contributed by atoms with E-state index in [4.69, 9.17) is 4.42 Å². The van der Waals surface area contributed by atoms with Gasteiger partial charge in [0.25, 0.3) is 0 Å². The minimum atomic E-state index is -0.298. The number of benzene rings is 3. The SMILES string of the molecule is Cc1ccc(CC(c2ccccc2)(c2ccccc2)c2ccccc2)o1. The third-order valence-electron chi connectivity index (χ3n) is 5.04. The molecule has 0 radical (unpaired) electrons. The van der Waals surface area contributed by atoms with Crippen LogP contribution < -0.4 is 0 Å². The van der Waals surface area contributed by atoms with E-state index < -0.39 is 0 Å². The molecule has 1 nitrogen and oxygen atoms in total. The first kappa shape index (κ1) is 16.4. The van der Waals surface area contributed by atoms with Crippen LogP contribution in [0.2, 0.25) is 0 Å². The molecule has 4 rings (SSSR count). The van der Waals surface area contributed by atoms with Crippen molar-refractivity contribution in [1.82, 2.24) is 0 Å². The Morgan fingerprint density at radius 3 is 1.35 bits per heavy atom. The zero-order valence-corrected chi connectivity index (χ0v) is 14.9. The molecule has 128 valence electrons. The molecular formula is C25H22O. The Hall–Kier alpha value is -3.06. The zero-order valence-electron chi connectivity index (χ0n) is 14.9. The van der Waals surface area contributed by atoms with Gasteiger partial charge in [-0.05, 0) is 35.7 Å². The Balaban J connectivity index is 2.00. The quantitative estimate of drug-likeness (QED) is 0.397. The third kappa shape index (κ3) is 2.97. The lowest BCUT2D eigenvalue weighted by atomic mass is 9.67. The first-order valence-electron chi connectivity index (χ1n) is 9.01. The molecule has 4 aromatic rings. The van der Waals surface area contributed by atoms with Gasteiger partial charge in [0.2, 0.25) is 0 Å². The van der Waals surface area contributed by atoms with Gasteiger partial charge in [-0.3, -0.25) is 0 Å². The van der Waals surface area contributed by atoms with Gasteiger partial charge in [-0.1, -0.05) is 91.0 Å². The molecular weight excluding hydrogens is 316 g/mol. The highest BCUT2D eigenvalue weighted by atomic mass is 16.3. The van der Waals surface area contributed by atoms with Gasteiger partial charge in [0.05, 0.1) is 5.41 Å². The summed E-state index contributed by atoms with van der Waals surface area (Å²) >= 11 is 0. The number of hydrogen-bond donors (Lipinski definition) is 0. The molecule has 0 aliphatic rings. The maximum atomic E-state index is 6.00. The summed E-state index contributed by atoms with van der Waals surface area (Å²) in [5.41, 5.74) is 3.51. The average molecular weight is 338 g/mol. The summed E-state index contributed by atoms with van der Waals surface area (Å²) in [6.45, 7) is 2.00. The third-order valence-corrected chi connectivity index (χ3v) is 5.04. The Morgan fingerprint density at radius 1 is 0.577 bits per heavy atom. The van der Waals surface area contributed by atoms with E-state index in [1.807, 2.05) is 13.0 Å². The smallest absolute Gasteiger partial charge is 0.105 e. The normalized spacial score (nSPS) is 11.4. The fraction of sp³-hybridized carbons (Fsp3) is 0.120. The highest BCUT2D eigenvalue weighted by Crippen LogP contribution is 2.42. The van der Waals surface area contributed by atoms with E-state index in [1.165, 1.54) is 16.7 Å². The Labute approximate surface area is 154 Å². The molecule has 0 amide bonds. The van der Waals surface area contributed by atoms with Crippen LogP contribution in [0.5, 0.6) is 0 Å². The molecule has 0 aliphatic heterocycles. The number of aryl methyl sites for hydroxylation is 1. The van der Waals surface area contributed by atoms with Crippen molar-refractivity contribution in [2.24, 2.45) is 0 Å². The van der Waals surface area contributed by atoms with Gasteiger partial charge in [-0.2, -0.15) is 0 Å². The van der Waals surface area contributed by atoms with Gasteiger partial charge in [0.15, 0.2) is 0 Å². The summed E-state index contributed by atoms with van der Waals surface area (Å²) < 4.78 is 6.00. The monoisotopic (exact) mass is 338 g/mol. The highest BCUT2D eigenvalue weighted by molar-refractivity contribution is 5.51. The van der Waals surface area contributed by atoms with Gasteiger partial charge in [0, 0.05) is 6.42 Å². The van der Waals surface area contributed by atoms with Gasteiger partial charge in [0.1, 0.15) is 11.5 Å². The van der Waals surface area contributed by atoms with E-state index in [0.29, 0.717) is 0 Å². The maximum absolute atomic E-state index is 6.00. The van der Waals surface area contributed by atoms with Crippen molar-refractivity contribution in [1.29, 1.82) is 0 Å². The fourth-order valence-corrected chi connectivity index (χ4v) is 3.82. The summed E-state index contributed by atoms with van der Waals surface area (Å²) in [5, 5.41) is 0. The van der Waals surface area contributed by atoms with Gasteiger partial charge < -0.3 is 4.42 Å². The molecule has 0 spiro atoms. The first-order valence-corrected chi connectivity index (χ1v) is 9.01. The fourth-order valence-electron chi connectivity index (χ4n) is 3.82. The average Bonchev–Trinajstić information content (AvgIpc) is 3.13. The van der Waals surface area contributed by atoms with Crippen LogP contribution in [-0.2, 0) is 11.8 Å². The largest absolute Gasteiger partial charge is 0.466 e. The van der Waals surface area contributed by atoms with Crippen LogP contribution in [0, 0.1) is 6.92 Å². The molecule has 0 N–H and O–H groups in total. The van der Waals surface area contributed by atoms with Gasteiger partial charge >= 0.3 is 0 Å². The van der Waals surface area contributed by atoms with Crippen molar-refractivity contribution in [3.05, 3.63) is 131 Å². The minimum Gasteiger partial charge on any atom is -0.466 e. The molecule has 0 saturated heterocycles. The molecule has 0 saturated carbocycles. The molecule has 0 atom stereocenters. The van der Waals surface area contributed by atoms with Gasteiger partial charge in [-0.25, -0.2) is 0 Å². The van der Waals surface area contributed by atoms with Crippen molar-refractivity contribution < 1.29 is 4.42 Å². The number of hydrogen-bond acceptors (Lipinski definition) is 1. The van der Waals surface area contributed by atoms with E-state index in [0.717, 1.165) is 17.9 Å². The lowest BCUT2D eigenvalue weighted by molar-refractivity contribution is 0.447. The predicted molar refractivity (Wildman–Crippen MR) is 106 cm³/mol. The Kier molecular flexibility index (Phi) is 4.45. The van der Waals surface area contributed by atoms with Crippen LogP contribution in [0.25, 0.3) is 0 Å². The van der Waals surface area contributed by atoms with Crippen molar-refractivity contribution >= 4 is 0 Å². The molecule has 1 heteroatoms. The van der Waals surface area contributed by atoms with E-state index >= 15 is 0 Å². The van der Waals surface area contributed by atoms with E-state index in [9.17, 15) is 0 Å². The van der Waals surface area contributed by atoms with Crippen LogP contribution in [0.3, 0.4) is 0 Å². The molecule has 3 aromatic carbocycles. The van der Waals surface area contributed by atoms with E-state index in [1.54, 1.807) is 0 Å². The van der Waals surface area contributed by atoms with E-state index in [2.05, 4.69) is 97.1 Å². The maximum Gasteiger partial charge on any atom is 0.105 e. The van der Waals surface area contributed by atoms with Crippen LogP contribution in [0.4, 0.5) is 0 Å². The topological polar surface area (TPSA) is 13.1 Å². The molecule has 1 heterocycles. The van der Waals surface area contributed by atoms with Crippen molar-refractivity contribution in [3.8, 4) is 0 Å². The number of furan rings is 1. The molecule has 1 aromatic heterocycles. The Morgan fingerprint density at radius 2 is 1.00 bits per heavy atom. The van der Waals surface area contributed by atoms with Gasteiger partial charge in [-0.15, -0.1) is 0 Å². The second-order valence-electron chi connectivity index (χ2n) is 6.69. The zero-order chi connectivity index (χ0) is 17.8. The summed E-state index contributed by atoms with van der Waals surface area (Å²) in [4.78, 5) is 0. The summed E-state index contributed by atoms with van der Waals surface area (Å²) in [6.07, 6.45) is 0.777. The second-order valence-corrected chi connectivity index (χ2v) is 6.69. The van der Waals surface area contributed by atoms with Crippen molar-refractivity contribution in [2.75, 3.05) is 0 Å². The van der Waals surface area contributed by atoms with Crippen LogP contribution in [0.15, 0.2) is 108 Å².